The van der Waals surface area contributed by atoms with Gasteiger partial charge in [-0.15, -0.1) is 0 Å². The molecule has 1 atom stereocenters. The van der Waals surface area contributed by atoms with Crippen molar-refractivity contribution >= 4 is 17.9 Å². The first-order valence-corrected chi connectivity index (χ1v) is 28.6. The Morgan fingerprint density at radius 2 is 0.574 bits per heavy atom. The third kappa shape index (κ3) is 53.5. The summed E-state index contributed by atoms with van der Waals surface area (Å²) in [5.41, 5.74) is 0. The Labute approximate surface area is 420 Å². The van der Waals surface area contributed by atoms with Gasteiger partial charge in [0.15, 0.2) is 6.10 Å². The molecule has 390 valence electrons. The molecule has 6 nitrogen and oxygen atoms in total. The molecule has 0 radical (unpaired) electrons. The molecule has 0 aromatic carbocycles. The van der Waals surface area contributed by atoms with Crippen molar-refractivity contribution in [2.24, 2.45) is 0 Å². The lowest BCUT2D eigenvalue weighted by atomic mass is 10.1. The second kappa shape index (κ2) is 56.2. The van der Waals surface area contributed by atoms with Crippen LogP contribution in [0.15, 0.2) is 85.1 Å². The fraction of sp³-hybridized carbons (Fsp3) is 0.726. The average Bonchev–Trinajstić information content (AvgIpc) is 3.34. The molecule has 6 heteroatoms. The Morgan fingerprint density at radius 3 is 0.897 bits per heavy atom. The lowest BCUT2D eigenvalue weighted by molar-refractivity contribution is -0.167. The van der Waals surface area contributed by atoms with Crippen molar-refractivity contribution in [2.45, 2.75) is 277 Å². The third-order valence-electron chi connectivity index (χ3n) is 12.1. The van der Waals surface area contributed by atoms with Gasteiger partial charge in [0, 0.05) is 19.3 Å². The molecule has 0 saturated carbocycles. The summed E-state index contributed by atoms with van der Waals surface area (Å²) in [6.07, 6.45) is 73.0. The summed E-state index contributed by atoms with van der Waals surface area (Å²) in [5, 5.41) is 0. The molecule has 0 amide bonds. The Bertz CT molecular complexity index is 1320. The number of esters is 3. The van der Waals surface area contributed by atoms with Gasteiger partial charge in [-0.3, -0.25) is 14.4 Å². The maximum atomic E-state index is 12.8. The summed E-state index contributed by atoms with van der Waals surface area (Å²) in [5.74, 6) is -0.906. The van der Waals surface area contributed by atoms with Crippen molar-refractivity contribution in [1.29, 1.82) is 0 Å². The zero-order valence-electron chi connectivity index (χ0n) is 44.6. The molecule has 0 aliphatic rings. The number of unbranched alkanes of at least 4 members (excludes halogenated alkanes) is 26. The minimum absolute atomic E-state index is 0.0841. The summed E-state index contributed by atoms with van der Waals surface area (Å²) < 4.78 is 16.8. The summed E-state index contributed by atoms with van der Waals surface area (Å²) in [7, 11) is 0. The standard InChI is InChI=1S/C62H106O6/c1-4-7-10-13-16-19-21-23-25-27-29-30-31-32-34-35-37-39-41-43-46-49-52-55-61(64)67-58-59(57-66-60(63)54-51-48-45-18-15-12-9-6-3)68-62(65)56-53-50-47-44-42-40-38-36-33-28-26-24-22-20-17-14-11-8-5-2/h8,11,17,20-21,23-24,26-27,29,31-33,36,59H,4-7,9-10,12-16,18-19,22,25,28,30,34-35,37-58H2,1-3H3/b11-8-,20-17-,23-21-,26-24-,29-27-,32-31-,36-33-. The van der Waals surface area contributed by atoms with Gasteiger partial charge < -0.3 is 14.2 Å². The number of carbonyl (C=O) groups is 3. The first-order valence-electron chi connectivity index (χ1n) is 28.6. The maximum Gasteiger partial charge on any atom is 0.306 e. The number of hydrogen-bond donors (Lipinski definition) is 0. The quantitative estimate of drug-likeness (QED) is 0.0262. The summed E-state index contributed by atoms with van der Waals surface area (Å²) in [6.45, 7) is 6.48. The number of carbonyl (C=O) groups excluding carboxylic acids is 3. The van der Waals surface area contributed by atoms with E-state index >= 15 is 0 Å². The monoisotopic (exact) mass is 947 g/mol. The van der Waals surface area contributed by atoms with Crippen molar-refractivity contribution < 1.29 is 28.6 Å². The van der Waals surface area contributed by atoms with Crippen molar-refractivity contribution in [3.05, 3.63) is 85.1 Å². The van der Waals surface area contributed by atoms with Gasteiger partial charge in [0.25, 0.3) is 0 Å². The van der Waals surface area contributed by atoms with Crippen molar-refractivity contribution in [3.63, 3.8) is 0 Å². The van der Waals surface area contributed by atoms with Gasteiger partial charge in [0.1, 0.15) is 13.2 Å². The lowest BCUT2D eigenvalue weighted by Gasteiger charge is -2.18. The normalized spacial score (nSPS) is 12.7. The molecule has 0 N–H and O–H groups in total. The molecule has 0 heterocycles. The molecule has 0 rings (SSSR count). The van der Waals surface area contributed by atoms with Crippen molar-refractivity contribution in [2.75, 3.05) is 13.2 Å². The van der Waals surface area contributed by atoms with E-state index < -0.39 is 6.10 Å². The van der Waals surface area contributed by atoms with Gasteiger partial charge in [-0.1, -0.05) is 241 Å². The van der Waals surface area contributed by atoms with E-state index in [0.717, 1.165) is 116 Å². The van der Waals surface area contributed by atoms with Crippen molar-refractivity contribution in [1.82, 2.24) is 0 Å². The zero-order valence-corrected chi connectivity index (χ0v) is 44.6. The number of rotatable bonds is 51. The Morgan fingerprint density at radius 1 is 0.309 bits per heavy atom. The molecule has 0 aromatic heterocycles. The van der Waals surface area contributed by atoms with Gasteiger partial charge in [-0.25, -0.2) is 0 Å². The first-order chi connectivity index (χ1) is 33.5. The predicted molar refractivity (Wildman–Crippen MR) is 293 cm³/mol. The highest BCUT2D eigenvalue weighted by molar-refractivity contribution is 5.71. The molecule has 0 aromatic rings. The average molecular weight is 948 g/mol. The van der Waals surface area contributed by atoms with E-state index in [1.54, 1.807) is 0 Å². The van der Waals surface area contributed by atoms with Crippen LogP contribution in [0.1, 0.15) is 271 Å². The molecule has 0 spiro atoms. The molecule has 0 aliphatic carbocycles. The SMILES string of the molecule is CC/C=C\C/C=C\C/C=C\C/C=C\CCCCCCCCC(=O)OC(COC(=O)CCCCCCCCCC)COC(=O)CCCCCCCCCC/C=C\C/C=C\C/C=C\CCCCCCC. The van der Waals surface area contributed by atoms with E-state index in [0.29, 0.717) is 19.3 Å². The van der Waals surface area contributed by atoms with Crippen LogP contribution in [-0.2, 0) is 28.6 Å². The highest BCUT2D eigenvalue weighted by Gasteiger charge is 2.19. The zero-order chi connectivity index (χ0) is 49.3. The number of hydrogen-bond acceptors (Lipinski definition) is 6. The molecule has 0 aliphatic heterocycles. The van der Waals surface area contributed by atoms with Crippen LogP contribution in [0.4, 0.5) is 0 Å². The number of ether oxygens (including phenoxy) is 3. The van der Waals surface area contributed by atoms with Crippen LogP contribution in [0, 0.1) is 0 Å². The van der Waals surface area contributed by atoms with Crippen molar-refractivity contribution in [3.8, 4) is 0 Å². The summed E-state index contributed by atoms with van der Waals surface area (Å²) in [6, 6.07) is 0. The van der Waals surface area contributed by atoms with Gasteiger partial charge in [0.05, 0.1) is 0 Å². The van der Waals surface area contributed by atoms with E-state index in [-0.39, 0.29) is 31.1 Å². The largest absolute Gasteiger partial charge is 0.462 e. The molecular weight excluding hydrogens is 841 g/mol. The summed E-state index contributed by atoms with van der Waals surface area (Å²) in [4.78, 5) is 38.0. The highest BCUT2D eigenvalue weighted by Crippen LogP contribution is 2.15. The molecule has 0 fully saturated rings. The minimum Gasteiger partial charge on any atom is -0.462 e. The third-order valence-corrected chi connectivity index (χ3v) is 12.1. The van der Waals surface area contributed by atoms with Crippen LogP contribution in [0.3, 0.4) is 0 Å². The van der Waals surface area contributed by atoms with E-state index in [2.05, 4.69) is 106 Å². The Kier molecular flexibility index (Phi) is 53.4. The fourth-order valence-corrected chi connectivity index (χ4v) is 7.85. The second-order valence-corrected chi connectivity index (χ2v) is 18.8. The molecular formula is C62H106O6. The van der Waals surface area contributed by atoms with E-state index in [9.17, 15) is 14.4 Å². The summed E-state index contributed by atoms with van der Waals surface area (Å²) >= 11 is 0. The van der Waals surface area contributed by atoms with Crippen LogP contribution in [-0.4, -0.2) is 37.2 Å². The molecule has 0 bridgehead atoms. The van der Waals surface area contributed by atoms with Gasteiger partial charge >= 0.3 is 17.9 Å². The molecule has 1 unspecified atom stereocenters. The van der Waals surface area contributed by atoms with Crippen LogP contribution < -0.4 is 0 Å². The van der Waals surface area contributed by atoms with Gasteiger partial charge in [0.2, 0.25) is 0 Å². The first kappa shape index (κ1) is 64.6. The van der Waals surface area contributed by atoms with Gasteiger partial charge in [-0.2, -0.15) is 0 Å². The Balaban J connectivity index is 4.28. The maximum absolute atomic E-state index is 12.8. The molecule has 0 saturated heterocycles. The molecule has 68 heavy (non-hydrogen) atoms. The fourth-order valence-electron chi connectivity index (χ4n) is 7.85. The topological polar surface area (TPSA) is 78.9 Å². The van der Waals surface area contributed by atoms with E-state index in [1.807, 2.05) is 0 Å². The number of allylic oxidation sites excluding steroid dienone is 14. The second-order valence-electron chi connectivity index (χ2n) is 18.8. The highest BCUT2D eigenvalue weighted by atomic mass is 16.6. The predicted octanol–water partition coefficient (Wildman–Crippen LogP) is 19.2. The van der Waals surface area contributed by atoms with E-state index in [4.69, 9.17) is 14.2 Å². The van der Waals surface area contributed by atoms with Crippen LogP contribution in [0.2, 0.25) is 0 Å². The lowest BCUT2D eigenvalue weighted by Crippen LogP contribution is -2.30. The van der Waals surface area contributed by atoms with Crippen LogP contribution in [0.25, 0.3) is 0 Å². The smallest absolute Gasteiger partial charge is 0.306 e. The Hall–Kier alpha value is -3.41. The van der Waals surface area contributed by atoms with Crippen LogP contribution >= 0.6 is 0 Å². The minimum atomic E-state index is -0.785. The van der Waals surface area contributed by atoms with Crippen LogP contribution in [0.5, 0.6) is 0 Å². The van der Waals surface area contributed by atoms with E-state index in [1.165, 1.54) is 116 Å². The van der Waals surface area contributed by atoms with Gasteiger partial charge in [-0.05, 0) is 96.3 Å².